The van der Waals surface area contributed by atoms with E-state index in [-0.39, 0.29) is 0 Å². The number of pyridine rings is 1. The van der Waals surface area contributed by atoms with Gasteiger partial charge in [-0.25, -0.2) is 0 Å². The third-order valence-electron chi connectivity index (χ3n) is 3.31. The van der Waals surface area contributed by atoms with Crippen molar-refractivity contribution in [2.75, 3.05) is 0 Å². The van der Waals surface area contributed by atoms with Gasteiger partial charge in [0.15, 0.2) is 0 Å². The van der Waals surface area contributed by atoms with Crippen LogP contribution < -0.4 is 4.74 Å². The van der Waals surface area contributed by atoms with Gasteiger partial charge in [0, 0.05) is 17.1 Å². The predicted molar refractivity (Wildman–Crippen MR) is 82.0 cm³/mol. The molecule has 1 heterocycles. The van der Waals surface area contributed by atoms with E-state index in [2.05, 4.69) is 55.2 Å². The fourth-order valence-corrected chi connectivity index (χ4v) is 2.46. The van der Waals surface area contributed by atoms with Crippen molar-refractivity contribution in [2.45, 2.75) is 20.5 Å². The lowest BCUT2D eigenvalue weighted by molar-refractivity contribution is 0.307. The number of para-hydroxylation sites is 1. The second-order valence-electron chi connectivity index (χ2n) is 5.10. The van der Waals surface area contributed by atoms with Crippen molar-refractivity contribution in [3.8, 4) is 5.75 Å². The van der Waals surface area contributed by atoms with Gasteiger partial charge < -0.3 is 4.74 Å². The van der Waals surface area contributed by atoms with E-state index >= 15 is 0 Å². The molecule has 0 aliphatic heterocycles. The molecule has 1 aromatic heterocycles. The molecule has 0 radical (unpaired) electrons. The predicted octanol–water partition coefficient (Wildman–Crippen LogP) is 4.43. The highest BCUT2D eigenvalue weighted by molar-refractivity contribution is 5.81. The van der Waals surface area contributed by atoms with E-state index in [4.69, 9.17) is 4.74 Å². The van der Waals surface area contributed by atoms with Gasteiger partial charge in [-0.1, -0.05) is 30.3 Å². The summed E-state index contributed by atoms with van der Waals surface area (Å²) in [7, 11) is 0. The maximum absolute atomic E-state index is 5.92. The summed E-state index contributed by atoms with van der Waals surface area (Å²) in [6.45, 7) is 4.70. The highest BCUT2D eigenvalue weighted by atomic mass is 16.5. The first kappa shape index (κ1) is 12.7. The molecule has 2 nitrogen and oxygen atoms in total. The van der Waals surface area contributed by atoms with Crippen LogP contribution in [-0.2, 0) is 6.61 Å². The zero-order valence-electron chi connectivity index (χ0n) is 11.8. The third kappa shape index (κ3) is 2.64. The molecule has 0 bridgehead atoms. The fourth-order valence-electron chi connectivity index (χ4n) is 2.46. The van der Waals surface area contributed by atoms with E-state index in [1.54, 1.807) is 0 Å². The van der Waals surface area contributed by atoms with Gasteiger partial charge in [-0.2, -0.15) is 0 Å². The molecule has 2 heteroatoms. The number of rotatable bonds is 3. The third-order valence-corrected chi connectivity index (χ3v) is 3.31. The van der Waals surface area contributed by atoms with E-state index in [1.165, 1.54) is 11.1 Å². The molecular formula is C18H17NO. The number of hydrogen-bond acceptors (Lipinski definition) is 2. The Morgan fingerprint density at radius 1 is 0.950 bits per heavy atom. The number of ether oxygens (including phenoxy) is 1. The summed E-state index contributed by atoms with van der Waals surface area (Å²) in [5.41, 5.74) is 4.56. The van der Waals surface area contributed by atoms with Crippen molar-refractivity contribution < 1.29 is 4.74 Å². The minimum atomic E-state index is 0.539. The van der Waals surface area contributed by atoms with Crippen LogP contribution in [0.1, 0.15) is 16.7 Å². The summed E-state index contributed by atoms with van der Waals surface area (Å²) in [6.07, 6.45) is 1.82. The lowest BCUT2D eigenvalue weighted by atomic mass is 10.1. The van der Waals surface area contributed by atoms with Crippen molar-refractivity contribution >= 4 is 10.9 Å². The maximum Gasteiger partial charge on any atom is 0.120 e. The number of fused-ring (bicyclic) bond motifs is 1. The van der Waals surface area contributed by atoms with Crippen LogP contribution in [0.3, 0.4) is 0 Å². The topological polar surface area (TPSA) is 22.1 Å². The molecule has 0 unspecified atom stereocenters. The first-order chi connectivity index (χ1) is 9.72. The lowest BCUT2D eigenvalue weighted by Gasteiger charge is -2.10. The maximum atomic E-state index is 5.92. The van der Waals surface area contributed by atoms with Gasteiger partial charge in [-0.15, -0.1) is 0 Å². The molecule has 0 aliphatic rings. The first-order valence-corrected chi connectivity index (χ1v) is 6.76. The Bertz CT molecular complexity index is 724. The summed E-state index contributed by atoms with van der Waals surface area (Å²) in [4.78, 5) is 4.45. The Labute approximate surface area is 119 Å². The molecule has 100 valence electrons. The monoisotopic (exact) mass is 263 g/mol. The molecule has 0 spiro atoms. The average Bonchev–Trinajstić information content (AvgIpc) is 2.44. The van der Waals surface area contributed by atoms with Gasteiger partial charge in [0.05, 0.1) is 5.52 Å². The quantitative estimate of drug-likeness (QED) is 0.697. The summed E-state index contributed by atoms with van der Waals surface area (Å²) >= 11 is 0. The lowest BCUT2D eigenvalue weighted by Crippen LogP contribution is -1.98. The fraction of sp³-hybridized carbons (Fsp3) is 0.167. The van der Waals surface area contributed by atoms with Crippen LogP contribution in [0.4, 0.5) is 0 Å². The molecule has 0 atom stereocenters. The molecule has 0 N–H and O–H groups in total. The van der Waals surface area contributed by atoms with Crippen LogP contribution in [0, 0.1) is 13.8 Å². The van der Waals surface area contributed by atoms with Crippen LogP contribution in [0.25, 0.3) is 10.9 Å². The second-order valence-corrected chi connectivity index (χ2v) is 5.10. The van der Waals surface area contributed by atoms with Crippen LogP contribution in [0.5, 0.6) is 5.75 Å². The highest BCUT2D eigenvalue weighted by Crippen LogP contribution is 2.20. The molecule has 0 amide bonds. The summed E-state index contributed by atoms with van der Waals surface area (Å²) < 4.78 is 5.92. The zero-order valence-corrected chi connectivity index (χ0v) is 11.8. The number of nitrogens with zero attached hydrogens (tertiary/aromatic N) is 1. The average molecular weight is 263 g/mol. The molecule has 2 aromatic carbocycles. The number of aryl methyl sites for hydroxylation is 2. The van der Waals surface area contributed by atoms with Crippen molar-refractivity contribution in [2.24, 2.45) is 0 Å². The molecular weight excluding hydrogens is 246 g/mol. The molecule has 0 aliphatic carbocycles. The Morgan fingerprint density at radius 2 is 1.70 bits per heavy atom. The second kappa shape index (κ2) is 5.33. The summed E-state index contributed by atoms with van der Waals surface area (Å²) in [5.74, 6) is 0.912. The Kier molecular flexibility index (Phi) is 3.38. The minimum absolute atomic E-state index is 0.539. The van der Waals surface area contributed by atoms with Crippen LogP contribution in [-0.4, -0.2) is 4.98 Å². The Hall–Kier alpha value is -2.35. The van der Waals surface area contributed by atoms with Gasteiger partial charge in [0.2, 0.25) is 0 Å². The van der Waals surface area contributed by atoms with E-state index < -0.39 is 0 Å². The van der Waals surface area contributed by atoms with E-state index in [9.17, 15) is 0 Å². The van der Waals surface area contributed by atoms with Crippen LogP contribution in [0.15, 0.2) is 54.7 Å². The number of aromatic nitrogens is 1. The van der Waals surface area contributed by atoms with Gasteiger partial charge >= 0.3 is 0 Å². The first-order valence-electron chi connectivity index (χ1n) is 6.76. The minimum Gasteiger partial charge on any atom is -0.489 e. The van der Waals surface area contributed by atoms with E-state index in [0.29, 0.717) is 6.61 Å². The molecule has 3 aromatic rings. The van der Waals surface area contributed by atoms with Crippen molar-refractivity contribution in [3.63, 3.8) is 0 Å². The van der Waals surface area contributed by atoms with Crippen molar-refractivity contribution in [3.05, 3.63) is 71.4 Å². The Morgan fingerprint density at radius 3 is 2.50 bits per heavy atom. The van der Waals surface area contributed by atoms with Crippen molar-refractivity contribution in [1.29, 1.82) is 0 Å². The number of benzene rings is 2. The summed E-state index contributed by atoms with van der Waals surface area (Å²) in [6, 6.07) is 16.5. The highest BCUT2D eigenvalue weighted by Gasteiger charge is 2.03. The largest absolute Gasteiger partial charge is 0.489 e. The van der Waals surface area contributed by atoms with Crippen LogP contribution >= 0.6 is 0 Å². The van der Waals surface area contributed by atoms with Gasteiger partial charge in [0.25, 0.3) is 0 Å². The molecule has 0 saturated carbocycles. The number of hydrogen-bond donors (Lipinski definition) is 0. The van der Waals surface area contributed by atoms with E-state index in [1.807, 2.05) is 18.3 Å². The van der Waals surface area contributed by atoms with Gasteiger partial charge in [-0.3, -0.25) is 4.98 Å². The standard InChI is InChI=1S/C18H17NO/c1-13-9-14(2)11-17(10-13)20-12-16-6-3-5-15-7-4-8-19-18(15)16/h3-11H,12H2,1-2H3. The zero-order chi connectivity index (χ0) is 13.9. The summed E-state index contributed by atoms with van der Waals surface area (Å²) in [5, 5.41) is 1.15. The van der Waals surface area contributed by atoms with E-state index in [0.717, 1.165) is 22.2 Å². The SMILES string of the molecule is Cc1cc(C)cc(OCc2cccc3cccnc23)c1. The van der Waals surface area contributed by atoms with Gasteiger partial charge in [-0.05, 0) is 43.2 Å². The smallest absolute Gasteiger partial charge is 0.120 e. The molecule has 0 saturated heterocycles. The molecule has 3 rings (SSSR count). The van der Waals surface area contributed by atoms with Crippen LogP contribution in [0.2, 0.25) is 0 Å². The normalized spacial score (nSPS) is 10.7. The van der Waals surface area contributed by atoms with Gasteiger partial charge in [0.1, 0.15) is 12.4 Å². The Balaban J connectivity index is 1.87. The van der Waals surface area contributed by atoms with Crippen molar-refractivity contribution in [1.82, 2.24) is 4.98 Å². The molecule has 0 fully saturated rings. The molecule has 20 heavy (non-hydrogen) atoms.